The van der Waals surface area contributed by atoms with Gasteiger partial charge in [0.15, 0.2) is 16.3 Å². The third kappa shape index (κ3) is 2.98. The predicted molar refractivity (Wildman–Crippen MR) is 110 cm³/mol. The van der Waals surface area contributed by atoms with Crippen LogP contribution in [0.5, 0.6) is 11.5 Å². The van der Waals surface area contributed by atoms with Gasteiger partial charge in [0.25, 0.3) is 5.91 Å². The van der Waals surface area contributed by atoms with Crippen LogP contribution >= 0.6 is 11.3 Å². The molecule has 3 amide bonds. The molecule has 0 radical (unpaired) electrons. The molecule has 152 valence electrons. The number of nitrogens with zero attached hydrogens (tertiary/aromatic N) is 3. The smallest absolute Gasteiger partial charge is 0.279 e. The first-order valence-electron chi connectivity index (χ1n) is 9.53. The number of amides is 3. The third-order valence-corrected chi connectivity index (χ3v) is 6.16. The molecule has 3 heterocycles. The normalized spacial score (nSPS) is 16.2. The van der Waals surface area contributed by atoms with Gasteiger partial charge in [0.2, 0.25) is 18.6 Å². The van der Waals surface area contributed by atoms with E-state index in [4.69, 9.17) is 9.47 Å². The minimum atomic E-state index is -0.394. The molecule has 1 saturated heterocycles. The van der Waals surface area contributed by atoms with Crippen LogP contribution < -0.4 is 19.2 Å². The van der Waals surface area contributed by atoms with Gasteiger partial charge in [0.1, 0.15) is 0 Å². The number of carbonyl (C=O) groups is 3. The fourth-order valence-electron chi connectivity index (χ4n) is 3.62. The summed E-state index contributed by atoms with van der Waals surface area (Å²) in [6, 6.07) is 10.2. The van der Waals surface area contributed by atoms with E-state index in [1.807, 2.05) is 23.6 Å². The summed E-state index contributed by atoms with van der Waals surface area (Å²) < 4.78 is 13.8. The second-order valence-electron chi connectivity index (χ2n) is 6.89. The molecule has 0 N–H and O–H groups in total. The molecule has 2 aliphatic heterocycles. The number of rotatable bonds is 3. The molecule has 30 heavy (non-hydrogen) atoms. The van der Waals surface area contributed by atoms with Crippen LogP contribution in [0.3, 0.4) is 0 Å². The first kappa shape index (κ1) is 18.6. The van der Waals surface area contributed by atoms with Crippen molar-refractivity contribution in [3.05, 3.63) is 46.8 Å². The number of imide groups is 1. The first-order valence-corrected chi connectivity index (χ1v) is 10.3. The summed E-state index contributed by atoms with van der Waals surface area (Å²) >= 11 is 1.40. The lowest BCUT2D eigenvalue weighted by atomic mass is 10.2. The Morgan fingerprint density at radius 2 is 1.73 bits per heavy atom. The maximum atomic E-state index is 12.8. The highest BCUT2D eigenvalue weighted by Crippen LogP contribution is 2.37. The number of hydrogen-bond acceptors (Lipinski definition) is 6. The van der Waals surface area contributed by atoms with Crippen molar-refractivity contribution in [3.8, 4) is 11.5 Å². The number of thiazole rings is 1. The summed E-state index contributed by atoms with van der Waals surface area (Å²) in [4.78, 5) is 42.5. The monoisotopic (exact) mass is 423 g/mol. The first-order chi connectivity index (χ1) is 14.5. The van der Waals surface area contributed by atoms with E-state index in [0.717, 1.165) is 15.1 Å². The highest BCUT2D eigenvalue weighted by molar-refractivity contribution is 7.16. The lowest BCUT2D eigenvalue weighted by Crippen LogP contribution is -2.28. The molecular weight excluding hydrogens is 406 g/mol. The molecule has 0 bridgehead atoms. The molecule has 0 spiro atoms. The van der Waals surface area contributed by atoms with Gasteiger partial charge in [-0.05, 0) is 31.2 Å². The standard InChI is InChI=1S/C21H17N3O5S/c1-2-23-14-9-15-16(29-11-28-15)10-17(14)30-21(23)22-20(27)12-3-5-13(6-4-12)24-18(25)7-8-19(24)26/h3-6,9-10H,2,7-8,11H2,1H3. The van der Waals surface area contributed by atoms with Crippen LogP contribution in [-0.2, 0) is 16.1 Å². The molecule has 2 aromatic carbocycles. The summed E-state index contributed by atoms with van der Waals surface area (Å²) in [5.74, 6) is 0.527. The summed E-state index contributed by atoms with van der Waals surface area (Å²) in [5.41, 5.74) is 1.78. The van der Waals surface area contributed by atoms with Crippen LogP contribution in [0.4, 0.5) is 5.69 Å². The van der Waals surface area contributed by atoms with E-state index in [1.54, 1.807) is 24.3 Å². The van der Waals surface area contributed by atoms with Crippen molar-refractivity contribution in [1.29, 1.82) is 0 Å². The summed E-state index contributed by atoms with van der Waals surface area (Å²) in [5, 5.41) is 0. The molecule has 1 aromatic heterocycles. The van der Waals surface area contributed by atoms with Gasteiger partial charge in [0, 0.05) is 37.1 Å². The fourth-order valence-corrected chi connectivity index (χ4v) is 4.72. The average Bonchev–Trinajstić information content (AvgIpc) is 3.42. The summed E-state index contributed by atoms with van der Waals surface area (Å²) in [6.45, 7) is 2.84. The molecule has 5 rings (SSSR count). The van der Waals surface area contributed by atoms with Crippen LogP contribution in [0.1, 0.15) is 30.1 Å². The van der Waals surface area contributed by atoms with Crippen molar-refractivity contribution in [1.82, 2.24) is 4.57 Å². The maximum Gasteiger partial charge on any atom is 0.279 e. The van der Waals surface area contributed by atoms with Crippen molar-refractivity contribution in [2.24, 2.45) is 4.99 Å². The molecule has 9 heteroatoms. The topological polar surface area (TPSA) is 90.2 Å². The molecular formula is C21H17N3O5S. The second kappa shape index (κ2) is 7.10. The molecule has 0 saturated carbocycles. The largest absolute Gasteiger partial charge is 0.454 e. The molecule has 1 fully saturated rings. The van der Waals surface area contributed by atoms with E-state index < -0.39 is 5.91 Å². The van der Waals surface area contributed by atoms with Crippen LogP contribution in [0.2, 0.25) is 0 Å². The zero-order chi connectivity index (χ0) is 20.8. The number of aryl methyl sites for hydroxylation is 1. The quantitative estimate of drug-likeness (QED) is 0.605. The average molecular weight is 423 g/mol. The molecule has 0 aliphatic carbocycles. The highest BCUT2D eigenvalue weighted by Gasteiger charge is 2.30. The number of ether oxygens (including phenoxy) is 2. The van der Waals surface area contributed by atoms with Crippen LogP contribution in [-0.4, -0.2) is 29.1 Å². The van der Waals surface area contributed by atoms with Crippen molar-refractivity contribution < 1.29 is 23.9 Å². The van der Waals surface area contributed by atoms with Gasteiger partial charge in [-0.1, -0.05) is 11.3 Å². The van der Waals surface area contributed by atoms with E-state index in [1.165, 1.54) is 11.3 Å². The Morgan fingerprint density at radius 1 is 1.07 bits per heavy atom. The molecule has 0 atom stereocenters. The Hall–Kier alpha value is -3.46. The molecule has 3 aromatic rings. The van der Waals surface area contributed by atoms with Crippen molar-refractivity contribution in [2.75, 3.05) is 11.7 Å². The van der Waals surface area contributed by atoms with E-state index >= 15 is 0 Å². The van der Waals surface area contributed by atoms with Crippen LogP contribution in [0.15, 0.2) is 41.4 Å². The number of carbonyl (C=O) groups excluding carboxylic acids is 3. The number of hydrogen-bond donors (Lipinski definition) is 0. The molecule has 0 unspecified atom stereocenters. The Kier molecular flexibility index (Phi) is 4.39. The SMILES string of the molecule is CCn1c(=NC(=O)c2ccc(N3C(=O)CCC3=O)cc2)sc2cc3c(cc21)OCO3. The Balaban J connectivity index is 1.49. The Morgan fingerprint density at radius 3 is 2.40 bits per heavy atom. The van der Waals surface area contributed by atoms with Gasteiger partial charge in [-0.2, -0.15) is 4.99 Å². The van der Waals surface area contributed by atoms with Crippen molar-refractivity contribution >= 4 is 45.0 Å². The lowest BCUT2D eigenvalue weighted by Gasteiger charge is -2.13. The predicted octanol–water partition coefficient (Wildman–Crippen LogP) is 2.85. The third-order valence-electron chi connectivity index (χ3n) is 5.11. The highest BCUT2D eigenvalue weighted by atomic mass is 32.1. The van der Waals surface area contributed by atoms with Gasteiger partial charge >= 0.3 is 0 Å². The number of aromatic nitrogens is 1. The van der Waals surface area contributed by atoms with E-state index in [9.17, 15) is 14.4 Å². The number of benzene rings is 2. The van der Waals surface area contributed by atoms with Crippen molar-refractivity contribution in [3.63, 3.8) is 0 Å². The summed E-state index contributed by atoms with van der Waals surface area (Å²) in [7, 11) is 0. The number of fused-ring (bicyclic) bond motifs is 2. The van der Waals surface area contributed by atoms with E-state index in [-0.39, 0.29) is 31.4 Å². The fraction of sp³-hybridized carbons (Fsp3) is 0.238. The van der Waals surface area contributed by atoms with Gasteiger partial charge in [-0.3, -0.25) is 19.3 Å². The minimum Gasteiger partial charge on any atom is -0.454 e. The second-order valence-corrected chi connectivity index (χ2v) is 7.90. The van der Waals surface area contributed by atoms with E-state index in [2.05, 4.69) is 4.99 Å². The van der Waals surface area contributed by atoms with Crippen LogP contribution in [0.25, 0.3) is 10.2 Å². The lowest BCUT2D eigenvalue weighted by molar-refractivity contribution is -0.121. The molecule has 8 nitrogen and oxygen atoms in total. The zero-order valence-corrected chi connectivity index (χ0v) is 16.9. The van der Waals surface area contributed by atoms with E-state index in [0.29, 0.717) is 34.1 Å². The molecule has 2 aliphatic rings. The maximum absolute atomic E-state index is 12.8. The number of anilines is 1. The Labute approximate surface area is 175 Å². The van der Waals surface area contributed by atoms with Gasteiger partial charge in [-0.15, -0.1) is 0 Å². The van der Waals surface area contributed by atoms with Crippen LogP contribution in [0, 0.1) is 0 Å². The van der Waals surface area contributed by atoms with Gasteiger partial charge in [0.05, 0.1) is 15.9 Å². The Bertz CT molecular complexity index is 1260. The van der Waals surface area contributed by atoms with Gasteiger partial charge < -0.3 is 14.0 Å². The van der Waals surface area contributed by atoms with Crippen molar-refractivity contribution in [2.45, 2.75) is 26.3 Å². The zero-order valence-electron chi connectivity index (χ0n) is 16.1. The van der Waals surface area contributed by atoms with Gasteiger partial charge in [-0.25, -0.2) is 0 Å². The minimum absolute atomic E-state index is 0.207. The summed E-state index contributed by atoms with van der Waals surface area (Å²) in [6.07, 6.45) is 0.439.